The number of hydrogen-bond donors (Lipinski definition) is 4. The zero-order valence-electron chi connectivity index (χ0n) is 10.7. The van der Waals surface area contributed by atoms with Crippen LogP contribution in [0.3, 0.4) is 0 Å². The number of hydrogen-bond acceptors (Lipinski definition) is 6. The van der Waals surface area contributed by atoms with E-state index < -0.39 is 23.2 Å². The Bertz CT molecular complexity index is 444. The van der Waals surface area contributed by atoms with Crippen LogP contribution < -0.4 is 10.5 Å². The van der Waals surface area contributed by atoms with Gasteiger partial charge >= 0.3 is 0 Å². The zero-order valence-corrected chi connectivity index (χ0v) is 11.6. The smallest absolute Gasteiger partial charge is 0.124 e. The minimum absolute atomic E-state index is 0.144. The van der Waals surface area contributed by atoms with E-state index in [1.807, 2.05) is 6.07 Å². The van der Waals surface area contributed by atoms with Crippen LogP contribution >= 0.6 is 12.6 Å². The molecule has 0 spiro atoms. The summed E-state index contributed by atoms with van der Waals surface area (Å²) in [6.45, 7) is -0.144. The lowest BCUT2D eigenvalue weighted by atomic mass is 9.85. The Morgan fingerprint density at radius 2 is 2.26 bits per heavy atom. The van der Waals surface area contributed by atoms with Gasteiger partial charge < -0.3 is 25.4 Å². The fourth-order valence-electron chi connectivity index (χ4n) is 2.39. The Kier molecular flexibility index (Phi) is 4.37. The highest BCUT2D eigenvalue weighted by Gasteiger charge is 2.49. The van der Waals surface area contributed by atoms with Crippen LogP contribution in [0, 0.1) is 0 Å². The van der Waals surface area contributed by atoms with E-state index in [0.717, 1.165) is 0 Å². The van der Waals surface area contributed by atoms with Gasteiger partial charge in [-0.1, -0.05) is 18.2 Å². The summed E-state index contributed by atoms with van der Waals surface area (Å²) >= 11 is 4.28. The van der Waals surface area contributed by atoms with Gasteiger partial charge in [0, 0.05) is 12.0 Å². The van der Waals surface area contributed by atoms with Crippen LogP contribution in [0.5, 0.6) is 5.75 Å². The van der Waals surface area contributed by atoms with Crippen molar-refractivity contribution in [3.05, 3.63) is 29.8 Å². The van der Waals surface area contributed by atoms with Crippen molar-refractivity contribution in [3.8, 4) is 5.75 Å². The average molecular weight is 285 g/mol. The van der Waals surface area contributed by atoms with Gasteiger partial charge in [0.15, 0.2) is 0 Å². The molecule has 0 saturated carbocycles. The minimum Gasteiger partial charge on any atom is -0.496 e. The Morgan fingerprint density at radius 1 is 1.58 bits per heavy atom. The van der Waals surface area contributed by atoms with Crippen LogP contribution in [-0.4, -0.2) is 41.0 Å². The van der Waals surface area contributed by atoms with Crippen molar-refractivity contribution in [3.63, 3.8) is 0 Å². The molecular formula is C13H19NO4S. The first-order valence-electron chi connectivity index (χ1n) is 6.07. The summed E-state index contributed by atoms with van der Waals surface area (Å²) in [5.41, 5.74) is 5.13. The number of nitrogens with two attached hydrogens (primary N) is 1. The van der Waals surface area contributed by atoms with Gasteiger partial charge in [-0.05, 0) is 6.07 Å². The Balaban J connectivity index is 2.30. The van der Waals surface area contributed by atoms with Crippen LogP contribution in [0.25, 0.3) is 0 Å². The highest BCUT2D eigenvalue weighted by atomic mass is 32.1. The fraction of sp³-hybridized carbons (Fsp3) is 0.538. The fourth-order valence-corrected chi connectivity index (χ4v) is 2.81. The number of benzene rings is 1. The van der Waals surface area contributed by atoms with Crippen LogP contribution in [-0.2, 0) is 4.74 Å². The van der Waals surface area contributed by atoms with Crippen molar-refractivity contribution in [1.82, 2.24) is 0 Å². The molecule has 1 aromatic rings. The van der Waals surface area contributed by atoms with Crippen LogP contribution in [0.15, 0.2) is 24.3 Å². The lowest BCUT2D eigenvalue weighted by molar-refractivity contribution is 0.0248. The molecule has 0 bridgehead atoms. The molecule has 0 aromatic heterocycles. The van der Waals surface area contributed by atoms with Crippen LogP contribution in [0.1, 0.15) is 18.1 Å². The third-order valence-corrected chi connectivity index (χ3v) is 4.11. The molecule has 19 heavy (non-hydrogen) atoms. The highest BCUT2D eigenvalue weighted by Crippen LogP contribution is 2.42. The monoisotopic (exact) mass is 285 g/mol. The molecule has 1 fully saturated rings. The Hall–Kier alpha value is -0.790. The second-order valence-corrected chi connectivity index (χ2v) is 5.22. The van der Waals surface area contributed by atoms with E-state index in [-0.39, 0.29) is 6.61 Å². The molecular weight excluding hydrogens is 266 g/mol. The van der Waals surface area contributed by atoms with Crippen molar-refractivity contribution in [1.29, 1.82) is 0 Å². The predicted octanol–water partition coefficient (Wildman–Crippen LogP) is 0.463. The zero-order chi connectivity index (χ0) is 14.0. The van der Waals surface area contributed by atoms with Crippen molar-refractivity contribution in [2.75, 3.05) is 13.7 Å². The molecule has 1 aromatic carbocycles. The van der Waals surface area contributed by atoms with Gasteiger partial charge in [-0.2, -0.15) is 0 Å². The molecule has 4 N–H and O–H groups in total. The van der Waals surface area contributed by atoms with Gasteiger partial charge in [0.05, 0.1) is 25.4 Å². The first-order valence-corrected chi connectivity index (χ1v) is 6.58. The first-order chi connectivity index (χ1) is 9.02. The second-order valence-electron chi connectivity index (χ2n) is 4.75. The van der Waals surface area contributed by atoms with E-state index in [4.69, 9.17) is 20.3 Å². The maximum Gasteiger partial charge on any atom is 0.124 e. The SMILES string of the molecule is COc1ccccc1C(O)C1(N)CC(CO)OC1S. The van der Waals surface area contributed by atoms with Crippen molar-refractivity contribution < 1.29 is 19.7 Å². The molecule has 2 rings (SSSR count). The maximum absolute atomic E-state index is 10.6. The van der Waals surface area contributed by atoms with Crippen LogP contribution in [0.2, 0.25) is 0 Å². The average Bonchev–Trinajstić information content (AvgIpc) is 2.74. The molecule has 6 heteroatoms. The lowest BCUT2D eigenvalue weighted by Crippen LogP contribution is -2.50. The van der Waals surface area contributed by atoms with Crippen molar-refractivity contribution >= 4 is 12.6 Å². The number of methoxy groups -OCH3 is 1. The summed E-state index contributed by atoms with van der Waals surface area (Å²) in [5.74, 6) is 0.563. The van der Waals surface area contributed by atoms with Gasteiger partial charge in [-0.15, -0.1) is 12.6 Å². The summed E-state index contributed by atoms with van der Waals surface area (Å²) in [4.78, 5) is 0. The maximum atomic E-state index is 10.6. The van der Waals surface area contributed by atoms with Gasteiger partial charge in [-0.25, -0.2) is 0 Å². The van der Waals surface area contributed by atoms with E-state index in [9.17, 15) is 5.11 Å². The third-order valence-electron chi connectivity index (χ3n) is 3.51. The van der Waals surface area contributed by atoms with Crippen molar-refractivity contribution in [2.24, 2.45) is 5.73 Å². The molecule has 0 amide bonds. The summed E-state index contributed by atoms with van der Waals surface area (Å²) in [6.07, 6.45) is -1.06. The number of aliphatic hydroxyl groups excluding tert-OH is 2. The molecule has 1 saturated heterocycles. The van der Waals surface area contributed by atoms with E-state index in [1.54, 1.807) is 18.2 Å². The highest BCUT2D eigenvalue weighted by molar-refractivity contribution is 7.80. The number of ether oxygens (including phenoxy) is 2. The second kappa shape index (κ2) is 5.68. The summed E-state index contributed by atoms with van der Waals surface area (Å²) in [6, 6.07) is 7.13. The van der Waals surface area contributed by atoms with E-state index in [2.05, 4.69) is 12.6 Å². The van der Waals surface area contributed by atoms with Crippen LogP contribution in [0.4, 0.5) is 0 Å². The molecule has 5 nitrogen and oxygen atoms in total. The molecule has 0 radical (unpaired) electrons. The van der Waals surface area contributed by atoms with E-state index >= 15 is 0 Å². The number of rotatable bonds is 4. The first kappa shape index (κ1) is 14.6. The van der Waals surface area contributed by atoms with Gasteiger partial charge in [0.2, 0.25) is 0 Å². The molecule has 1 heterocycles. The lowest BCUT2D eigenvalue weighted by Gasteiger charge is -2.33. The standard InChI is InChI=1S/C13H19NO4S/c1-17-10-5-3-2-4-9(10)11(16)13(14)6-8(7-15)18-12(13)19/h2-5,8,11-12,15-16,19H,6-7,14H2,1H3. The molecule has 0 aliphatic carbocycles. The minimum atomic E-state index is -1.06. The number of aliphatic hydroxyl groups is 2. The quantitative estimate of drug-likeness (QED) is 0.604. The summed E-state index contributed by atoms with van der Waals surface area (Å²) in [5, 5.41) is 19.7. The third kappa shape index (κ3) is 2.59. The van der Waals surface area contributed by atoms with Gasteiger partial charge in [-0.3, -0.25) is 0 Å². The Morgan fingerprint density at radius 3 is 2.84 bits per heavy atom. The molecule has 1 aliphatic heterocycles. The molecule has 4 unspecified atom stereocenters. The van der Waals surface area contributed by atoms with Gasteiger partial charge in [0.1, 0.15) is 17.3 Å². The molecule has 106 valence electrons. The summed E-state index contributed by atoms with van der Waals surface area (Å²) in [7, 11) is 1.54. The number of para-hydroxylation sites is 1. The van der Waals surface area contributed by atoms with Crippen molar-refractivity contribution in [2.45, 2.75) is 29.6 Å². The predicted molar refractivity (Wildman–Crippen MR) is 74.2 cm³/mol. The normalized spacial score (nSPS) is 32.3. The number of thiol groups is 1. The largest absolute Gasteiger partial charge is 0.496 e. The molecule has 4 atom stereocenters. The summed E-state index contributed by atoms with van der Waals surface area (Å²) < 4.78 is 10.7. The topological polar surface area (TPSA) is 84.9 Å². The molecule has 1 aliphatic rings. The van der Waals surface area contributed by atoms with Gasteiger partial charge in [0.25, 0.3) is 0 Å². The Labute approximate surface area is 117 Å². The van der Waals surface area contributed by atoms with E-state index in [1.165, 1.54) is 7.11 Å². The van der Waals surface area contributed by atoms with E-state index in [0.29, 0.717) is 17.7 Å².